The van der Waals surface area contributed by atoms with Crippen molar-refractivity contribution in [2.75, 3.05) is 4.90 Å². The van der Waals surface area contributed by atoms with E-state index in [-0.39, 0.29) is 5.95 Å². The lowest BCUT2D eigenvalue weighted by molar-refractivity contribution is 0.0427. The maximum absolute atomic E-state index is 12.7. The molecular formula is C19H25N3O4. The van der Waals surface area contributed by atoms with E-state index in [1.807, 2.05) is 18.2 Å². The largest absolute Gasteiger partial charge is 0.443 e. The Morgan fingerprint density at radius 3 is 1.88 bits per heavy atom. The molecule has 26 heavy (non-hydrogen) atoms. The van der Waals surface area contributed by atoms with E-state index in [0.29, 0.717) is 11.2 Å². The highest BCUT2D eigenvalue weighted by atomic mass is 16.6. The van der Waals surface area contributed by atoms with Crippen LogP contribution in [0.4, 0.5) is 15.5 Å². The number of amides is 2. The Morgan fingerprint density at radius 1 is 0.885 bits per heavy atom. The first-order chi connectivity index (χ1) is 11.9. The predicted molar refractivity (Wildman–Crippen MR) is 99.2 cm³/mol. The number of para-hydroxylation sites is 1. The molecule has 0 N–H and O–H groups in total. The first kappa shape index (κ1) is 19.6. The van der Waals surface area contributed by atoms with Crippen LogP contribution in [0.3, 0.4) is 0 Å². The highest BCUT2D eigenvalue weighted by Gasteiger charge is 2.34. The fraction of sp³-hybridized carbons (Fsp3) is 0.474. The van der Waals surface area contributed by atoms with E-state index in [2.05, 4.69) is 9.97 Å². The van der Waals surface area contributed by atoms with Gasteiger partial charge in [-0.05, 0) is 54.5 Å². The summed E-state index contributed by atoms with van der Waals surface area (Å²) in [5, 5.41) is 0.838. The monoisotopic (exact) mass is 359 g/mol. The number of nitrogens with zero attached hydrogens (tertiary/aromatic N) is 3. The second kappa shape index (κ2) is 6.90. The van der Waals surface area contributed by atoms with Crippen molar-refractivity contribution in [2.45, 2.75) is 59.7 Å². The van der Waals surface area contributed by atoms with E-state index in [0.717, 1.165) is 10.3 Å². The van der Waals surface area contributed by atoms with Crippen molar-refractivity contribution < 1.29 is 19.1 Å². The van der Waals surface area contributed by atoms with Crippen LogP contribution in [0.25, 0.3) is 10.9 Å². The number of benzene rings is 1. The van der Waals surface area contributed by atoms with Crippen molar-refractivity contribution in [3.8, 4) is 0 Å². The van der Waals surface area contributed by atoms with E-state index < -0.39 is 23.4 Å². The molecule has 7 nitrogen and oxygen atoms in total. The number of imide groups is 1. The molecule has 0 spiro atoms. The molecular weight excluding hydrogens is 334 g/mol. The summed E-state index contributed by atoms with van der Waals surface area (Å²) < 4.78 is 10.7. The minimum Gasteiger partial charge on any atom is -0.443 e. The number of carbonyl (C=O) groups is 2. The number of hydrogen-bond donors (Lipinski definition) is 0. The Bertz CT molecular complexity index is 807. The van der Waals surface area contributed by atoms with Crippen LogP contribution in [-0.4, -0.2) is 33.4 Å². The number of hydrogen-bond acceptors (Lipinski definition) is 6. The van der Waals surface area contributed by atoms with Crippen LogP contribution in [0, 0.1) is 6.92 Å². The van der Waals surface area contributed by atoms with E-state index >= 15 is 0 Å². The molecule has 0 aliphatic heterocycles. The number of rotatable bonds is 1. The summed E-state index contributed by atoms with van der Waals surface area (Å²) in [6.45, 7) is 12.1. The number of ether oxygens (including phenoxy) is 2. The Kier molecular flexibility index (Phi) is 5.21. The SMILES string of the molecule is Cc1nc(N(C(=O)OC(C)(C)C)C(=O)OC(C)(C)C)nc2ccccc12. The number of anilines is 1. The zero-order chi connectivity index (χ0) is 19.7. The van der Waals surface area contributed by atoms with Crippen LogP contribution in [0.2, 0.25) is 0 Å². The van der Waals surface area contributed by atoms with Crippen LogP contribution < -0.4 is 4.90 Å². The van der Waals surface area contributed by atoms with Gasteiger partial charge in [0, 0.05) is 5.39 Å². The molecule has 0 unspecified atom stereocenters. The number of fused-ring (bicyclic) bond motifs is 1. The third kappa shape index (κ3) is 4.91. The smallest absolute Gasteiger partial charge is 0.427 e. The highest BCUT2D eigenvalue weighted by Crippen LogP contribution is 2.22. The normalized spacial score (nSPS) is 12.0. The molecule has 1 aromatic carbocycles. The minimum atomic E-state index is -0.888. The van der Waals surface area contributed by atoms with E-state index in [4.69, 9.17) is 9.47 Å². The van der Waals surface area contributed by atoms with Crippen LogP contribution in [0.5, 0.6) is 0 Å². The van der Waals surface area contributed by atoms with Gasteiger partial charge in [0.05, 0.1) is 11.2 Å². The second-order valence-electron chi connectivity index (χ2n) is 7.92. The van der Waals surface area contributed by atoms with Gasteiger partial charge in [-0.2, -0.15) is 0 Å². The van der Waals surface area contributed by atoms with Gasteiger partial charge in [0.1, 0.15) is 11.2 Å². The first-order valence-corrected chi connectivity index (χ1v) is 8.37. The van der Waals surface area contributed by atoms with Crippen LogP contribution >= 0.6 is 0 Å². The summed E-state index contributed by atoms with van der Waals surface area (Å²) in [7, 11) is 0. The summed E-state index contributed by atoms with van der Waals surface area (Å²) >= 11 is 0. The Balaban J connectivity index is 2.52. The van der Waals surface area contributed by atoms with Gasteiger partial charge in [-0.15, -0.1) is 4.90 Å². The summed E-state index contributed by atoms with van der Waals surface area (Å²) in [5.41, 5.74) is -0.318. The molecule has 1 aromatic heterocycles. The van der Waals surface area contributed by atoms with Gasteiger partial charge in [0.15, 0.2) is 0 Å². The van der Waals surface area contributed by atoms with E-state index in [9.17, 15) is 9.59 Å². The minimum absolute atomic E-state index is 0.0790. The van der Waals surface area contributed by atoms with Gasteiger partial charge in [-0.25, -0.2) is 19.6 Å². The molecule has 2 amide bonds. The summed E-state index contributed by atoms with van der Waals surface area (Å²) in [6, 6.07) is 7.36. The molecule has 2 rings (SSSR count). The lowest BCUT2D eigenvalue weighted by Gasteiger charge is -2.27. The van der Waals surface area contributed by atoms with Crippen molar-refractivity contribution in [3.05, 3.63) is 30.0 Å². The highest BCUT2D eigenvalue weighted by molar-refractivity contribution is 6.08. The standard InChI is InChI=1S/C19H25N3O4/c1-12-13-10-8-9-11-14(13)21-15(20-12)22(16(23)25-18(2,3)4)17(24)26-19(5,6)7/h8-11H,1-7H3. The van der Waals surface area contributed by atoms with Crippen molar-refractivity contribution in [1.29, 1.82) is 0 Å². The Labute approximate surface area is 153 Å². The maximum Gasteiger partial charge on any atom is 0.427 e. The van der Waals surface area contributed by atoms with Gasteiger partial charge in [0.2, 0.25) is 5.95 Å². The molecule has 1 heterocycles. The van der Waals surface area contributed by atoms with Gasteiger partial charge >= 0.3 is 12.2 Å². The van der Waals surface area contributed by atoms with Gasteiger partial charge in [-0.3, -0.25) is 0 Å². The van der Waals surface area contributed by atoms with Gasteiger partial charge < -0.3 is 9.47 Å². The molecule has 7 heteroatoms. The Hall–Kier alpha value is -2.70. The molecule has 2 aromatic rings. The fourth-order valence-electron chi connectivity index (χ4n) is 2.17. The molecule has 0 saturated heterocycles. The number of aryl methyl sites for hydroxylation is 1. The van der Waals surface area contributed by atoms with Gasteiger partial charge in [-0.1, -0.05) is 18.2 Å². The topological polar surface area (TPSA) is 81.6 Å². The molecule has 0 aliphatic carbocycles. The van der Waals surface area contributed by atoms with Crippen molar-refractivity contribution in [2.24, 2.45) is 0 Å². The Morgan fingerprint density at radius 2 is 1.38 bits per heavy atom. The van der Waals surface area contributed by atoms with Crippen LogP contribution in [0.15, 0.2) is 24.3 Å². The molecule has 0 bridgehead atoms. The predicted octanol–water partition coefficient (Wildman–Crippen LogP) is 4.61. The summed E-state index contributed by atoms with van der Waals surface area (Å²) in [6.07, 6.45) is -1.78. The lowest BCUT2D eigenvalue weighted by atomic mass is 10.2. The maximum atomic E-state index is 12.7. The fourth-order valence-corrected chi connectivity index (χ4v) is 2.17. The van der Waals surface area contributed by atoms with E-state index in [1.165, 1.54) is 0 Å². The molecule has 0 atom stereocenters. The average molecular weight is 359 g/mol. The summed E-state index contributed by atoms with van der Waals surface area (Å²) in [4.78, 5) is 34.7. The van der Waals surface area contributed by atoms with E-state index in [1.54, 1.807) is 54.5 Å². The average Bonchev–Trinajstić information content (AvgIpc) is 2.43. The van der Waals surface area contributed by atoms with Crippen molar-refractivity contribution in [1.82, 2.24) is 9.97 Å². The quantitative estimate of drug-likeness (QED) is 0.739. The van der Waals surface area contributed by atoms with Crippen molar-refractivity contribution >= 4 is 29.0 Å². The zero-order valence-electron chi connectivity index (χ0n) is 16.3. The molecule has 140 valence electrons. The number of aromatic nitrogens is 2. The summed E-state index contributed by atoms with van der Waals surface area (Å²) in [5.74, 6) is -0.0790. The zero-order valence-corrected chi connectivity index (χ0v) is 16.3. The van der Waals surface area contributed by atoms with Crippen LogP contribution in [0.1, 0.15) is 47.2 Å². The lowest BCUT2D eigenvalue weighted by Crippen LogP contribution is -2.44. The van der Waals surface area contributed by atoms with Crippen molar-refractivity contribution in [3.63, 3.8) is 0 Å². The first-order valence-electron chi connectivity index (χ1n) is 8.37. The number of carbonyl (C=O) groups excluding carboxylic acids is 2. The van der Waals surface area contributed by atoms with Gasteiger partial charge in [0.25, 0.3) is 0 Å². The molecule has 0 aliphatic rings. The molecule has 0 radical (unpaired) electrons. The second-order valence-corrected chi connectivity index (χ2v) is 7.92. The molecule has 0 fully saturated rings. The van der Waals surface area contributed by atoms with Crippen LogP contribution in [-0.2, 0) is 9.47 Å². The molecule has 0 saturated carbocycles. The third-order valence-corrected chi connectivity index (χ3v) is 3.13. The third-order valence-electron chi connectivity index (χ3n) is 3.13.